The lowest BCUT2D eigenvalue weighted by Crippen LogP contribution is -2.54. The van der Waals surface area contributed by atoms with Crippen LogP contribution in [0.25, 0.3) is 5.69 Å². The molecule has 4 atom stereocenters. The van der Waals surface area contributed by atoms with Crippen LogP contribution in [0.3, 0.4) is 0 Å². The Balaban J connectivity index is 1.58. The maximum absolute atomic E-state index is 13.7. The Labute approximate surface area is 205 Å². The van der Waals surface area contributed by atoms with Crippen molar-refractivity contribution >= 4 is 11.6 Å². The first-order chi connectivity index (χ1) is 17.3. The maximum atomic E-state index is 13.7. The topological polar surface area (TPSA) is 116 Å². The molecule has 1 aliphatic heterocycles. The van der Waals surface area contributed by atoms with Crippen molar-refractivity contribution in [2.45, 2.75) is 45.4 Å². The summed E-state index contributed by atoms with van der Waals surface area (Å²) in [6, 6.07) is 11.5. The molecule has 1 saturated carbocycles. The molecule has 3 aromatic rings. The van der Waals surface area contributed by atoms with Crippen LogP contribution in [0.2, 0.25) is 0 Å². The van der Waals surface area contributed by atoms with Crippen LogP contribution in [0, 0.1) is 11.3 Å². The minimum atomic E-state index is -1.13. The Morgan fingerprint density at radius 1 is 1.06 bits per heavy atom. The Morgan fingerprint density at radius 2 is 1.81 bits per heavy atom. The molecule has 3 heterocycles. The summed E-state index contributed by atoms with van der Waals surface area (Å²) in [5.41, 5.74) is -0.490. The molecule has 4 unspecified atom stereocenters. The van der Waals surface area contributed by atoms with E-state index in [9.17, 15) is 24.3 Å². The van der Waals surface area contributed by atoms with Crippen molar-refractivity contribution in [1.82, 2.24) is 13.9 Å². The van der Waals surface area contributed by atoms with E-state index in [-0.39, 0.29) is 31.1 Å². The zero-order valence-electron chi connectivity index (χ0n) is 19.9. The minimum absolute atomic E-state index is 0.140. The summed E-state index contributed by atoms with van der Waals surface area (Å²) in [5, 5.41) is 9.59. The lowest BCUT2D eigenvalue weighted by molar-refractivity contribution is -0.139. The van der Waals surface area contributed by atoms with Gasteiger partial charge in [-0.1, -0.05) is 31.2 Å². The fourth-order valence-electron chi connectivity index (χ4n) is 6.28. The van der Waals surface area contributed by atoms with Crippen molar-refractivity contribution in [3.63, 3.8) is 0 Å². The van der Waals surface area contributed by atoms with E-state index < -0.39 is 34.7 Å². The average Bonchev–Trinajstić information content (AvgIpc) is 3.45. The maximum Gasteiger partial charge on any atom is 0.352 e. The average molecular weight is 488 g/mol. The molecule has 0 radical (unpaired) electrons. The first kappa shape index (κ1) is 22.5. The molecular formula is C27H25N3O6. The molecule has 1 aromatic carbocycles. The monoisotopic (exact) mass is 487 g/mol. The molecule has 1 N–H and O–H groups in total. The zero-order valence-corrected chi connectivity index (χ0v) is 19.9. The Bertz CT molecular complexity index is 1600. The van der Waals surface area contributed by atoms with E-state index in [0.717, 1.165) is 10.1 Å². The van der Waals surface area contributed by atoms with E-state index in [1.165, 1.54) is 15.4 Å². The smallest absolute Gasteiger partial charge is 0.352 e. The van der Waals surface area contributed by atoms with Gasteiger partial charge >= 0.3 is 11.4 Å². The number of fused-ring (bicyclic) bond motifs is 4. The third-order valence-electron chi connectivity index (χ3n) is 8.08. The Kier molecular flexibility index (Phi) is 4.85. The lowest BCUT2D eigenvalue weighted by atomic mass is 9.52. The van der Waals surface area contributed by atoms with E-state index in [1.807, 2.05) is 6.08 Å². The fourth-order valence-corrected chi connectivity index (χ4v) is 6.28. The summed E-state index contributed by atoms with van der Waals surface area (Å²) < 4.78 is 9.88. The van der Waals surface area contributed by atoms with Gasteiger partial charge in [-0.15, -0.1) is 0 Å². The highest BCUT2D eigenvalue weighted by Gasteiger charge is 2.60. The first-order valence-corrected chi connectivity index (χ1v) is 11.9. The van der Waals surface area contributed by atoms with Crippen molar-refractivity contribution in [3.05, 3.63) is 98.3 Å². The van der Waals surface area contributed by atoms with Gasteiger partial charge in [-0.05, 0) is 54.8 Å². The van der Waals surface area contributed by atoms with E-state index in [0.29, 0.717) is 22.8 Å². The van der Waals surface area contributed by atoms with Crippen LogP contribution in [-0.2, 0) is 22.7 Å². The SMILES string of the molecule is CC1=CC(=O)C2(C)C(CC3C(=CCn4c(=O)n(-c5ccccc5)c(=O)n43)C2c2ccc(CO)o2)C1=O. The quantitative estimate of drug-likeness (QED) is 0.567. The highest BCUT2D eigenvalue weighted by Crippen LogP contribution is 2.59. The van der Waals surface area contributed by atoms with E-state index in [2.05, 4.69) is 0 Å². The number of hydrogen-bond acceptors (Lipinski definition) is 6. The third kappa shape index (κ3) is 2.86. The molecule has 2 aliphatic carbocycles. The largest absolute Gasteiger partial charge is 0.463 e. The number of aliphatic hydroxyl groups is 1. The van der Waals surface area contributed by atoms with Gasteiger partial charge in [0.1, 0.15) is 18.1 Å². The summed E-state index contributed by atoms with van der Waals surface area (Å²) in [6.45, 7) is 3.25. The van der Waals surface area contributed by atoms with Gasteiger partial charge in [-0.3, -0.25) is 9.59 Å². The summed E-state index contributed by atoms with van der Waals surface area (Å²) in [4.78, 5) is 54.0. The molecule has 2 aromatic heterocycles. The van der Waals surface area contributed by atoms with Gasteiger partial charge in [0.05, 0.1) is 29.6 Å². The second kappa shape index (κ2) is 7.76. The molecule has 184 valence electrons. The number of para-hydroxylation sites is 1. The molecule has 36 heavy (non-hydrogen) atoms. The molecule has 6 rings (SSSR count). The second-order valence-corrected chi connectivity index (χ2v) is 9.90. The number of aromatic nitrogens is 3. The van der Waals surface area contributed by atoms with Crippen LogP contribution in [0.5, 0.6) is 0 Å². The standard InChI is InChI=1S/C27H25N3O6/c1-15-12-22(32)27(2)19(24(15)33)13-20-18(23(27)21-9-8-17(14-31)36-21)10-11-28-25(34)29(26(35)30(20)28)16-6-4-3-5-7-16/h3-10,12,19-20,23,31H,11,13-14H2,1-2H3. The van der Waals surface area contributed by atoms with E-state index in [4.69, 9.17) is 4.42 Å². The number of aliphatic hydroxyl groups excluding tert-OH is 1. The molecule has 1 fully saturated rings. The van der Waals surface area contributed by atoms with Gasteiger partial charge in [0.25, 0.3) is 0 Å². The van der Waals surface area contributed by atoms with Crippen LogP contribution in [0.1, 0.15) is 43.7 Å². The number of ketones is 2. The number of nitrogens with zero attached hydrogens (tertiary/aromatic N) is 3. The number of hydrogen-bond donors (Lipinski definition) is 1. The molecule has 3 aliphatic rings. The van der Waals surface area contributed by atoms with Crippen LogP contribution < -0.4 is 11.4 Å². The van der Waals surface area contributed by atoms with Gasteiger partial charge in [0.15, 0.2) is 11.6 Å². The van der Waals surface area contributed by atoms with Crippen LogP contribution in [-0.4, -0.2) is 30.6 Å². The molecular weight excluding hydrogens is 462 g/mol. The van der Waals surface area contributed by atoms with Crippen LogP contribution in [0.4, 0.5) is 0 Å². The summed E-state index contributed by atoms with van der Waals surface area (Å²) in [5.74, 6) is -0.882. The van der Waals surface area contributed by atoms with Crippen molar-refractivity contribution < 1.29 is 19.1 Å². The van der Waals surface area contributed by atoms with Gasteiger partial charge in [0.2, 0.25) is 0 Å². The molecule has 0 spiro atoms. The van der Waals surface area contributed by atoms with Crippen LogP contribution >= 0.6 is 0 Å². The van der Waals surface area contributed by atoms with Gasteiger partial charge in [-0.25, -0.2) is 23.5 Å². The molecule has 0 amide bonds. The van der Waals surface area contributed by atoms with Gasteiger partial charge in [0, 0.05) is 5.92 Å². The number of furan rings is 1. The molecule has 0 bridgehead atoms. The zero-order chi connectivity index (χ0) is 25.4. The van der Waals surface area contributed by atoms with Crippen LogP contribution in [0.15, 0.2) is 79.8 Å². The summed E-state index contributed by atoms with van der Waals surface area (Å²) >= 11 is 0. The third-order valence-corrected chi connectivity index (χ3v) is 8.08. The highest BCUT2D eigenvalue weighted by molar-refractivity contribution is 6.12. The number of allylic oxidation sites excluding steroid dienone is 4. The number of benzene rings is 1. The number of Topliss-reactive ketones (excluding diaryl/α,β-unsaturated/α-hetero) is 1. The Hall–Kier alpha value is -3.98. The number of carbonyl (C=O) groups is 2. The van der Waals surface area contributed by atoms with E-state index in [1.54, 1.807) is 56.3 Å². The van der Waals surface area contributed by atoms with Crippen molar-refractivity contribution in [2.24, 2.45) is 11.3 Å². The Morgan fingerprint density at radius 3 is 2.50 bits per heavy atom. The predicted molar refractivity (Wildman–Crippen MR) is 129 cm³/mol. The van der Waals surface area contributed by atoms with Crippen molar-refractivity contribution in [2.75, 3.05) is 0 Å². The number of rotatable bonds is 3. The molecule has 9 nitrogen and oxygen atoms in total. The highest BCUT2D eigenvalue weighted by atomic mass is 16.4. The summed E-state index contributed by atoms with van der Waals surface area (Å²) in [7, 11) is 0. The van der Waals surface area contributed by atoms with Crippen molar-refractivity contribution in [1.29, 1.82) is 0 Å². The molecule has 0 saturated heterocycles. The van der Waals surface area contributed by atoms with E-state index >= 15 is 0 Å². The molecule has 9 heteroatoms. The lowest BCUT2D eigenvalue weighted by Gasteiger charge is -2.51. The van der Waals surface area contributed by atoms with Crippen molar-refractivity contribution in [3.8, 4) is 5.69 Å². The predicted octanol–water partition coefficient (Wildman–Crippen LogP) is 2.28. The number of carbonyl (C=O) groups excluding carboxylic acids is 2. The fraction of sp³-hybridized carbons (Fsp3) is 0.333. The van der Waals surface area contributed by atoms with Gasteiger partial charge < -0.3 is 9.52 Å². The van der Waals surface area contributed by atoms with Gasteiger partial charge in [-0.2, -0.15) is 0 Å². The minimum Gasteiger partial charge on any atom is -0.463 e. The second-order valence-electron chi connectivity index (χ2n) is 9.90. The summed E-state index contributed by atoms with van der Waals surface area (Å²) in [6.07, 6.45) is 3.48. The normalized spacial score (nSPS) is 27.1. The first-order valence-electron chi connectivity index (χ1n) is 11.9.